The molecule has 2 aliphatic rings. The third-order valence-corrected chi connectivity index (χ3v) is 5.42. The van der Waals surface area contributed by atoms with E-state index in [1.807, 2.05) is 0 Å². The van der Waals surface area contributed by atoms with E-state index < -0.39 is 0 Å². The van der Waals surface area contributed by atoms with Crippen molar-refractivity contribution in [2.75, 3.05) is 13.6 Å². The zero-order chi connectivity index (χ0) is 13.1. The van der Waals surface area contributed by atoms with Crippen molar-refractivity contribution < 1.29 is 0 Å². The second-order valence-corrected chi connectivity index (χ2v) is 7.08. The van der Waals surface area contributed by atoms with Crippen LogP contribution < -0.4 is 5.73 Å². The highest BCUT2D eigenvalue weighted by molar-refractivity contribution is 4.89. The van der Waals surface area contributed by atoms with Gasteiger partial charge in [-0.3, -0.25) is 0 Å². The summed E-state index contributed by atoms with van der Waals surface area (Å²) in [6.07, 6.45) is 9.74. The molecular formula is C16H32N2. The normalized spacial score (nSPS) is 42.2. The highest BCUT2D eigenvalue weighted by atomic mass is 15.2. The third-order valence-electron chi connectivity index (χ3n) is 5.42. The maximum Gasteiger partial charge on any atom is 0.0135 e. The van der Waals surface area contributed by atoms with E-state index in [1.165, 1.54) is 44.9 Å². The number of nitrogens with two attached hydrogens (primary N) is 1. The van der Waals surface area contributed by atoms with Crippen molar-refractivity contribution in [1.29, 1.82) is 0 Å². The molecule has 4 atom stereocenters. The molecule has 0 spiro atoms. The van der Waals surface area contributed by atoms with Gasteiger partial charge in [0.15, 0.2) is 0 Å². The van der Waals surface area contributed by atoms with Gasteiger partial charge in [0.1, 0.15) is 0 Å². The average Bonchev–Trinajstić information content (AvgIpc) is 2.36. The van der Waals surface area contributed by atoms with Crippen LogP contribution >= 0.6 is 0 Å². The summed E-state index contributed by atoms with van der Waals surface area (Å²) in [5.74, 6) is 2.55. The largest absolute Gasteiger partial charge is 0.330 e. The van der Waals surface area contributed by atoms with Crippen LogP contribution in [0, 0.1) is 17.8 Å². The Morgan fingerprint density at radius 1 is 1.00 bits per heavy atom. The molecule has 2 N–H and O–H groups in total. The quantitative estimate of drug-likeness (QED) is 0.835. The van der Waals surface area contributed by atoms with Crippen molar-refractivity contribution in [3.63, 3.8) is 0 Å². The summed E-state index contributed by atoms with van der Waals surface area (Å²) in [6.45, 7) is 5.74. The minimum atomic E-state index is 0.747. The van der Waals surface area contributed by atoms with Crippen molar-refractivity contribution in [3.05, 3.63) is 0 Å². The van der Waals surface area contributed by atoms with Crippen LogP contribution in [-0.2, 0) is 0 Å². The molecule has 4 unspecified atom stereocenters. The first-order valence-electron chi connectivity index (χ1n) is 8.03. The van der Waals surface area contributed by atoms with Crippen LogP contribution in [0.2, 0.25) is 0 Å². The Balaban J connectivity index is 1.98. The molecule has 0 saturated heterocycles. The standard InChI is InChI=1S/C16H32N2/c1-12-8-13(2)10-15(9-12)18(3)16-7-5-4-6-14(16)11-17/h12-16H,4-11,17H2,1-3H3. The molecule has 0 heterocycles. The zero-order valence-corrected chi connectivity index (χ0v) is 12.6. The molecule has 18 heavy (non-hydrogen) atoms. The fourth-order valence-electron chi connectivity index (χ4n) is 4.51. The Labute approximate surface area is 113 Å². The van der Waals surface area contributed by atoms with Crippen LogP contribution in [0.3, 0.4) is 0 Å². The summed E-state index contributed by atoms with van der Waals surface area (Å²) in [7, 11) is 2.37. The van der Waals surface area contributed by atoms with Gasteiger partial charge in [-0.1, -0.05) is 26.7 Å². The van der Waals surface area contributed by atoms with Crippen LogP contribution in [0.15, 0.2) is 0 Å². The number of rotatable bonds is 3. The van der Waals surface area contributed by atoms with Gasteiger partial charge in [-0.15, -0.1) is 0 Å². The van der Waals surface area contributed by atoms with Crippen LogP contribution in [0.4, 0.5) is 0 Å². The molecule has 2 nitrogen and oxygen atoms in total. The average molecular weight is 252 g/mol. The van der Waals surface area contributed by atoms with Gasteiger partial charge in [-0.05, 0) is 63.5 Å². The molecule has 0 aromatic carbocycles. The van der Waals surface area contributed by atoms with Crippen molar-refractivity contribution in [3.8, 4) is 0 Å². The lowest BCUT2D eigenvalue weighted by Crippen LogP contribution is -2.49. The van der Waals surface area contributed by atoms with E-state index in [1.54, 1.807) is 0 Å². The van der Waals surface area contributed by atoms with Crippen molar-refractivity contribution in [2.24, 2.45) is 23.5 Å². The molecular weight excluding hydrogens is 220 g/mol. The van der Waals surface area contributed by atoms with Crippen LogP contribution in [0.5, 0.6) is 0 Å². The van der Waals surface area contributed by atoms with E-state index in [0.29, 0.717) is 0 Å². The summed E-state index contributed by atoms with van der Waals surface area (Å²) in [6, 6.07) is 1.56. The lowest BCUT2D eigenvalue weighted by Gasteiger charge is -2.45. The molecule has 0 bridgehead atoms. The summed E-state index contributed by atoms with van der Waals surface area (Å²) < 4.78 is 0. The summed E-state index contributed by atoms with van der Waals surface area (Å²) >= 11 is 0. The molecule has 0 aliphatic heterocycles. The SMILES string of the molecule is CC1CC(C)CC(N(C)C2CCCCC2CN)C1. The minimum absolute atomic E-state index is 0.747. The highest BCUT2D eigenvalue weighted by Gasteiger charge is 2.34. The Hall–Kier alpha value is -0.0800. The van der Waals surface area contributed by atoms with E-state index >= 15 is 0 Å². The number of hydrogen-bond acceptors (Lipinski definition) is 2. The summed E-state index contributed by atoms with van der Waals surface area (Å²) in [5, 5.41) is 0. The first-order chi connectivity index (χ1) is 8.61. The number of hydrogen-bond donors (Lipinski definition) is 1. The molecule has 2 saturated carbocycles. The monoisotopic (exact) mass is 252 g/mol. The van der Waals surface area contributed by atoms with Gasteiger partial charge in [0.2, 0.25) is 0 Å². The van der Waals surface area contributed by atoms with Gasteiger partial charge in [-0.25, -0.2) is 0 Å². The van der Waals surface area contributed by atoms with E-state index in [4.69, 9.17) is 5.73 Å². The molecule has 2 heteroatoms. The van der Waals surface area contributed by atoms with Gasteiger partial charge in [-0.2, -0.15) is 0 Å². The first-order valence-corrected chi connectivity index (χ1v) is 8.03. The maximum absolute atomic E-state index is 5.99. The fraction of sp³-hybridized carbons (Fsp3) is 1.00. The maximum atomic E-state index is 5.99. The molecule has 2 rings (SSSR count). The van der Waals surface area contributed by atoms with Crippen LogP contribution in [0.25, 0.3) is 0 Å². The summed E-state index contributed by atoms with van der Waals surface area (Å²) in [5.41, 5.74) is 5.99. The first kappa shape index (κ1) is 14.3. The molecule has 0 amide bonds. The topological polar surface area (TPSA) is 29.3 Å². The van der Waals surface area contributed by atoms with Crippen molar-refractivity contribution in [2.45, 2.75) is 70.9 Å². The van der Waals surface area contributed by atoms with E-state index in [2.05, 4.69) is 25.8 Å². The van der Waals surface area contributed by atoms with Crippen LogP contribution in [-0.4, -0.2) is 30.6 Å². The minimum Gasteiger partial charge on any atom is -0.330 e. The van der Waals surface area contributed by atoms with E-state index in [-0.39, 0.29) is 0 Å². The van der Waals surface area contributed by atoms with Crippen molar-refractivity contribution in [1.82, 2.24) is 4.90 Å². The lowest BCUT2D eigenvalue weighted by molar-refractivity contribution is 0.0505. The Bertz CT molecular complexity index is 243. The van der Waals surface area contributed by atoms with Gasteiger partial charge in [0, 0.05) is 12.1 Å². The molecule has 0 aromatic heterocycles. The predicted octanol–water partition coefficient (Wildman–Crippen LogP) is 3.26. The Morgan fingerprint density at radius 2 is 1.61 bits per heavy atom. The summed E-state index contributed by atoms with van der Waals surface area (Å²) in [4.78, 5) is 2.71. The molecule has 0 aromatic rings. The van der Waals surface area contributed by atoms with Gasteiger partial charge in [0.25, 0.3) is 0 Å². The van der Waals surface area contributed by atoms with Gasteiger partial charge >= 0.3 is 0 Å². The molecule has 0 radical (unpaired) electrons. The van der Waals surface area contributed by atoms with Crippen molar-refractivity contribution >= 4 is 0 Å². The van der Waals surface area contributed by atoms with E-state index in [9.17, 15) is 0 Å². The van der Waals surface area contributed by atoms with E-state index in [0.717, 1.165) is 36.4 Å². The van der Waals surface area contributed by atoms with Gasteiger partial charge in [0.05, 0.1) is 0 Å². The smallest absolute Gasteiger partial charge is 0.0135 e. The van der Waals surface area contributed by atoms with Crippen LogP contribution in [0.1, 0.15) is 58.8 Å². The van der Waals surface area contributed by atoms with Gasteiger partial charge < -0.3 is 10.6 Å². The third kappa shape index (κ3) is 3.27. The Kier molecular flexibility index (Phi) is 5.08. The second kappa shape index (κ2) is 6.38. The lowest BCUT2D eigenvalue weighted by atomic mass is 9.77. The number of nitrogens with zero attached hydrogens (tertiary/aromatic N) is 1. The molecule has 2 aliphatic carbocycles. The Morgan fingerprint density at radius 3 is 2.22 bits per heavy atom. The molecule has 106 valence electrons. The molecule has 2 fully saturated rings. The zero-order valence-electron chi connectivity index (χ0n) is 12.6. The fourth-order valence-corrected chi connectivity index (χ4v) is 4.51. The highest BCUT2D eigenvalue weighted by Crippen LogP contribution is 2.35. The predicted molar refractivity (Wildman–Crippen MR) is 78.5 cm³/mol. The second-order valence-electron chi connectivity index (χ2n) is 7.08.